The molecule has 0 saturated carbocycles. The molecule has 2 rings (SSSR count). The molecule has 0 radical (unpaired) electrons. The third-order valence-electron chi connectivity index (χ3n) is 2.88. The van der Waals surface area contributed by atoms with E-state index in [2.05, 4.69) is 20.9 Å². The van der Waals surface area contributed by atoms with E-state index < -0.39 is 11.8 Å². The smallest absolute Gasteiger partial charge is 0.323 e. The van der Waals surface area contributed by atoms with E-state index >= 15 is 0 Å². The Morgan fingerprint density at radius 3 is 2.78 bits per heavy atom. The number of likely N-dealkylation sites (N-methyl/N-ethyl adjacent to an activating group) is 1. The number of rotatable bonds is 6. The summed E-state index contributed by atoms with van der Waals surface area (Å²) in [6.45, 7) is 2.49. The van der Waals surface area contributed by atoms with Crippen molar-refractivity contribution in [2.45, 2.75) is 13.0 Å². The highest BCUT2D eigenvalue weighted by Crippen LogP contribution is 2.21. The van der Waals surface area contributed by atoms with Gasteiger partial charge in [-0.15, -0.1) is 0 Å². The first-order valence-corrected chi connectivity index (χ1v) is 7.16. The van der Waals surface area contributed by atoms with Gasteiger partial charge in [-0.2, -0.15) is 0 Å². The number of nitrogens with zero attached hydrogens (tertiary/aromatic N) is 1. The van der Waals surface area contributed by atoms with E-state index in [1.165, 1.54) is 18.3 Å². The van der Waals surface area contributed by atoms with Gasteiger partial charge in [0, 0.05) is 30.6 Å². The lowest BCUT2D eigenvalue weighted by Gasteiger charge is -2.15. The molecule has 0 unspecified atom stereocenters. The Morgan fingerprint density at radius 2 is 2.09 bits per heavy atom. The van der Waals surface area contributed by atoms with Crippen molar-refractivity contribution in [2.24, 2.45) is 0 Å². The Morgan fingerprint density at radius 1 is 1.30 bits per heavy atom. The Balaban J connectivity index is 2.01. The molecule has 3 N–H and O–H groups in total. The second-order valence-electron chi connectivity index (χ2n) is 4.98. The minimum atomic E-state index is -0.490. The van der Waals surface area contributed by atoms with Crippen molar-refractivity contribution in [3.63, 3.8) is 0 Å². The molecule has 1 heterocycles. The minimum absolute atomic E-state index is 0.126. The largest absolute Gasteiger partial charge is 0.489 e. The second-order valence-corrected chi connectivity index (χ2v) is 4.98. The molecule has 2 amide bonds. The maximum absolute atomic E-state index is 13.7. The third kappa shape index (κ3) is 5.55. The molecule has 0 fully saturated rings. The predicted molar refractivity (Wildman–Crippen MR) is 87.3 cm³/mol. The number of benzene rings is 1. The molecule has 122 valence electrons. The summed E-state index contributed by atoms with van der Waals surface area (Å²) in [7, 11) is 1.81. The van der Waals surface area contributed by atoms with Crippen molar-refractivity contribution in [1.29, 1.82) is 0 Å². The van der Waals surface area contributed by atoms with E-state index in [1.807, 2.05) is 6.92 Å². The summed E-state index contributed by atoms with van der Waals surface area (Å²) in [5.74, 6) is -0.139. The predicted octanol–water partition coefficient (Wildman–Crippen LogP) is 2.85. The van der Waals surface area contributed by atoms with Gasteiger partial charge in [0.1, 0.15) is 17.7 Å². The molecule has 0 bridgehead atoms. The van der Waals surface area contributed by atoms with Gasteiger partial charge in [0.05, 0.1) is 11.9 Å². The first kappa shape index (κ1) is 16.7. The molecule has 7 heteroatoms. The average Bonchev–Trinajstić information content (AvgIpc) is 2.47. The summed E-state index contributed by atoms with van der Waals surface area (Å²) in [5.41, 5.74) is 0.846. The molecular weight excluding hydrogens is 299 g/mol. The van der Waals surface area contributed by atoms with Crippen molar-refractivity contribution in [2.75, 3.05) is 24.2 Å². The van der Waals surface area contributed by atoms with Crippen LogP contribution in [0.2, 0.25) is 0 Å². The van der Waals surface area contributed by atoms with Gasteiger partial charge in [-0.1, -0.05) is 0 Å². The normalized spacial score (nSPS) is 11.6. The molecule has 1 aromatic carbocycles. The van der Waals surface area contributed by atoms with Gasteiger partial charge in [0.2, 0.25) is 0 Å². The zero-order valence-electron chi connectivity index (χ0n) is 13.0. The summed E-state index contributed by atoms with van der Waals surface area (Å²) >= 11 is 0. The van der Waals surface area contributed by atoms with Crippen LogP contribution >= 0.6 is 0 Å². The minimum Gasteiger partial charge on any atom is -0.489 e. The summed E-state index contributed by atoms with van der Waals surface area (Å²) in [6.07, 6.45) is 2.99. The highest BCUT2D eigenvalue weighted by molar-refractivity contribution is 5.99. The van der Waals surface area contributed by atoms with Crippen LogP contribution in [0.1, 0.15) is 6.92 Å². The van der Waals surface area contributed by atoms with Crippen molar-refractivity contribution in [3.05, 3.63) is 48.5 Å². The van der Waals surface area contributed by atoms with E-state index in [9.17, 15) is 9.18 Å². The number of nitrogens with one attached hydrogen (secondary N) is 3. The lowest BCUT2D eigenvalue weighted by Crippen LogP contribution is -2.26. The summed E-state index contributed by atoms with van der Waals surface area (Å²) < 4.78 is 19.3. The van der Waals surface area contributed by atoms with Crippen LogP contribution in [0.15, 0.2) is 42.7 Å². The van der Waals surface area contributed by atoms with E-state index in [1.54, 1.807) is 31.4 Å². The quantitative estimate of drug-likeness (QED) is 0.765. The van der Waals surface area contributed by atoms with Crippen molar-refractivity contribution >= 4 is 17.4 Å². The Bertz CT molecular complexity index is 652. The maximum Gasteiger partial charge on any atom is 0.323 e. The molecule has 0 aliphatic rings. The Kier molecular flexibility index (Phi) is 5.87. The first-order chi connectivity index (χ1) is 11.1. The SMILES string of the molecule is CNC[C@@H](C)Oc1cc(F)cc(NC(=O)Nc2cccnc2)c1. The molecular formula is C16H19FN4O2. The number of aromatic nitrogens is 1. The maximum atomic E-state index is 13.7. The van der Waals surface area contributed by atoms with Crippen molar-refractivity contribution < 1.29 is 13.9 Å². The molecule has 0 saturated heterocycles. The number of pyridine rings is 1. The fraction of sp³-hybridized carbons (Fsp3) is 0.250. The zero-order chi connectivity index (χ0) is 16.7. The summed E-state index contributed by atoms with van der Waals surface area (Å²) in [4.78, 5) is 15.8. The molecule has 0 spiro atoms. The number of urea groups is 1. The number of anilines is 2. The molecule has 2 aromatic rings. The van der Waals surface area contributed by atoms with Gasteiger partial charge in [0.15, 0.2) is 0 Å². The van der Waals surface area contributed by atoms with Crippen LogP contribution in [0, 0.1) is 5.82 Å². The molecule has 0 aliphatic heterocycles. The third-order valence-corrected chi connectivity index (χ3v) is 2.88. The lowest BCUT2D eigenvalue weighted by atomic mass is 10.3. The molecule has 0 aliphatic carbocycles. The number of hydrogen-bond acceptors (Lipinski definition) is 4. The molecule has 1 aromatic heterocycles. The number of ether oxygens (including phenoxy) is 1. The molecule has 1 atom stereocenters. The van der Waals surface area contributed by atoms with Gasteiger partial charge in [-0.25, -0.2) is 9.18 Å². The van der Waals surface area contributed by atoms with Gasteiger partial charge in [-0.05, 0) is 32.2 Å². The van der Waals surface area contributed by atoms with Crippen LogP contribution < -0.4 is 20.7 Å². The first-order valence-electron chi connectivity index (χ1n) is 7.16. The zero-order valence-corrected chi connectivity index (χ0v) is 13.0. The van der Waals surface area contributed by atoms with E-state index in [0.29, 0.717) is 23.7 Å². The fourth-order valence-electron chi connectivity index (χ4n) is 1.99. The topological polar surface area (TPSA) is 75.3 Å². The number of halogens is 1. The van der Waals surface area contributed by atoms with Crippen LogP contribution in [-0.2, 0) is 0 Å². The van der Waals surface area contributed by atoms with E-state index in [0.717, 1.165) is 0 Å². The second kappa shape index (κ2) is 8.09. The van der Waals surface area contributed by atoms with Gasteiger partial charge >= 0.3 is 6.03 Å². The van der Waals surface area contributed by atoms with E-state index in [4.69, 9.17) is 4.74 Å². The Hall–Kier alpha value is -2.67. The number of amides is 2. The van der Waals surface area contributed by atoms with Crippen LogP contribution in [-0.4, -0.2) is 30.7 Å². The summed E-state index contributed by atoms with van der Waals surface area (Å²) in [6, 6.07) is 6.98. The number of hydrogen-bond donors (Lipinski definition) is 3. The van der Waals surface area contributed by atoms with Crippen LogP contribution in [0.3, 0.4) is 0 Å². The van der Waals surface area contributed by atoms with Gasteiger partial charge < -0.3 is 20.7 Å². The average molecular weight is 318 g/mol. The van der Waals surface area contributed by atoms with Gasteiger partial charge in [-0.3, -0.25) is 4.98 Å². The van der Waals surface area contributed by atoms with Crippen molar-refractivity contribution in [3.8, 4) is 5.75 Å². The van der Waals surface area contributed by atoms with Gasteiger partial charge in [0.25, 0.3) is 0 Å². The van der Waals surface area contributed by atoms with Crippen LogP contribution in [0.25, 0.3) is 0 Å². The highest BCUT2D eigenvalue weighted by atomic mass is 19.1. The number of carbonyl (C=O) groups excluding carboxylic acids is 1. The van der Waals surface area contributed by atoms with Crippen LogP contribution in [0.5, 0.6) is 5.75 Å². The lowest BCUT2D eigenvalue weighted by molar-refractivity contribution is 0.220. The monoisotopic (exact) mass is 318 g/mol. The molecule has 6 nitrogen and oxygen atoms in total. The molecule has 23 heavy (non-hydrogen) atoms. The van der Waals surface area contributed by atoms with Crippen molar-refractivity contribution in [1.82, 2.24) is 10.3 Å². The van der Waals surface area contributed by atoms with Crippen LogP contribution in [0.4, 0.5) is 20.6 Å². The Labute approximate surface area is 134 Å². The fourth-order valence-corrected chi connectivity index (χ4v) is 1.99. The highest BCUT2D eigenvalue weighted by Gasteiger charge is 2.09. The van der Waals surface area contributed by atoms with E-state index in [-0.39, 0.29) is 6.10 Å². The summed E-state index contributed by atoms with van der Waals surface area (Å²) in [5, 5.41) is 8.14. The standard InChI is InChI=1S/C16H19FN4O2/c1-11(9-18-2)23-15-7-12(17)6-14(8-15)21-16(22)20-13-4-3-5-19-10-13/h3-8,10-11,18H,9H2,1-2H3,(H2,20,21,22)/t11-/m1/s1. The number of carbonyl (C=O) groups is 1.